The van der Waals surface area contributed by atoms with E-state index in [0.717, 1.165) is 24.2 Å². The number of carbonyl (C=O) groups is 1. The average molecular weight is 332 g/mol. The molecule has 0 spiro atoms. The second-order valence-corrected chi connectivity index (χ2v) is 5.81. The molecule has 0 unspecified atom stereocenters. The van der Waals surface area contributed by atoms with Crippen LogP contribution in [0.2, 0.25) is 5.02 Å². The van der Waals surface area contributed by atoms with Crippen LogP contribution in [0.25, 0.3) is 0 Å². The van der Waals surface area contributed by atoms with Gasteiger partial charge in [0, 0.05) is 18.1 Å². The van der Waals surface area contributed by atoms with E-state index < -0.39 is 0 Å². The van der Waals surface area contributed by atoms with E-state index in [1.807, 2.05) is 18.2 Å². The molecule has 0 aliphatic heterocycles. The van der Waals surface area contributed by atoms with Gasteiger partial charge < -0.3 is 10.6 Å². The van der Waals surface area contributed by atoms with Crippen LogP contribution in [-0.2, 0) is 6.54 Å². The summed E-state index contributed by atoms with van der Waals surface area (Å²) in [6.45, 7) is 3.56. The topological polar surface area (TPSA) is 54.0 Å². The predicted octanol–water partition coefficient (Wildman–Crippen LogP) is 4.27. The Labute approximate surface area is 142 Å². The zero-order valence-corrected chi connectivity index (χ0v) is 14.1. The number of hydrogen-bond donors (Lipinski definition) is 2. The quantitative estimate of drug-likeness (QED) is 0.710. The largest absolute Gasteiger partial charge is 0.384 e. The standard InChI is InChI=1S/C18H22ClN3O/c1-2-3-4-11-20-16-9-10-17(21-13-16)18(23)22-12-14-5-7-15(19)8-6-14/h5-10,13,20H,2-4,11-12H2,1H3,(H,22,23). The molecule has 122 valence electrons. The van der Waals surface area contributed by atoms with Gasteiger partial charge >= 0.3 is 0 Å². The SMILES string of the molecule is CCCCCNc1ccc(C(=O)NCc2ccc(Cl)cc2)nc1. The molecule has 1 aromatic carbocycles. The third-order valence-corrected chi connectivity index (χ3v) is 3.72. The number of amides is 1. The molecule has 4 nitrogen and oxygen atoms in total. The monoisotopic (exact) mass is 331 g/mol. The van der Waals surface area contributed by atoms with Crippen LogP contribution in [0.15, 0.2) is 42.6 Å². The van der Waals surface area contributed by atoms with E-state index in [9.17, 15) is 4.79 Å². The van der Waals surface area contributed by atoms with Gasteiger partial charge in [-0.05, 0) is 36.2 Å². The molecule has 2 aromatic rings. The second kappa shape index (κ2) is 9.16. The fourth-order valence-electron chi connectivity index (χ4n) is 2.12. The zero-order valence-electron chi connectivity index (χ0n) is 13.3. The first-order chi connectivity index (χ1) is 11.2. The Morgan fingerprint density at radius 1 is 1.13 bits per heavy atom. The molecule has 2 rings (SSSR count). The molecule has 23 heavy (non-hydrogen) atoms. The van der Waals surface area contributed by atoms with E-state index in [1.165, 1.54) is 12.8 Å². The van der Waals surface area contributed by atoms with E-state index in [2.05, 4.69) is 22.5 Å². The molecule has 5 heteroatoms. The Kier molecular flexibility index (Phi) is 6.88. The highest BCUT2D eigenvalue weighted by atomic mass is 35.5. The van der Waals surface area contributed by atoms with Crippen molar-refractivity contribution in [3.8, 4) is 0 Å². The first-order valence-electron chi connectivity index (χ1n) is 7.91. The number of carbonyl (C=O) groups excluding carboxylic acids is 1. The molecule has 1 aromatic heterocycles. The lowest BCUT2D eigenvalue weighted by Gasteiger charge is -2.07. The molecule has 0 aliphatic rings. The Morgan fingerprint density at radius 2 is 1.91 bits per heavy atom. The maximum absolute atomic E-state index is 12.1. The lowest BCUT2D eigenvalue weighted by atomic mass is 10.2. The van der Waals surface area contributed by atoms with Gasteiger partial charge in [-0.2, -0.15) is 0 Å². The van der Waals surface area contributed by atoms with Crippen LogP contribution < -0.4 is 10.6 Å². The number of hydrogen-bond acceptors (Lipinski definition) is 3. The fourth-order valence-corrected chi connectivity index (χ4v) is 2.24. The lowest BCUT2D eigenvalue weighted by molar-refractivity contribution is 0.0946. The highest BCUT2D eigenvalue weighted by Gasteiger charge is 2.06. The van der Waals surface area contributed by atoms with Gasteiger partial charge in [-0.1, -0.05) is 43.5 Å². The van der Waals surface area contributed by atoms with Crippen LogP contribution >= 0.6 is 11.6 Å². The summed E-state index contributed by atoms with van der Waals surface area (Å²) in [5.74, 6) is -0.183. The minimum Gasteiger partial charge on any atom is -0.384 e. The predicted molar refractivity (Wildman–Crippen MR) is 94.9 cm³/mol. The van der Waals surface area contributed by atoms with Gasteiger partial charge in [-0.3, -0.25) is 4.79 Å². The van der Waals surface area contributed by atoms with Crippen LogP contribution in [0, 0.1) is 0 Å². The first-order valence-corrected chi connectivity index (χ1v) is 8.29. The smallest absolute Gasteiger partial charge is 0.270 e. The van der Waals surface area contributed by atoms with E-state index in [0.29, 0.717) is 17.3 Å². The molecular weight excluding hydrogens is 310 g/mol. The summed E-state index contributed by atoms with van der Waals surface area (Å²) in [4.78, 5) is 16.3. The van der Waals surface area contributed by atoms with Crippen molar-refractivity contribution in [3.05, 3.63) is 58.9 Å². The molecule has 0 radical (unpaired) electrons. The molecular formula is C18H22ClN3O. The normalized spacial score (nSPS) is 10.3. The van der Waals surface area contributed by atoms with Crippen molar-refractivity contribution in [2.24, 2.45) is 0 Å². The Hall–Kier alpha value is -2.07. The number of halogens is 1. The van der Waals surface area contributed by atoms with Crippen molar-refractivity contribution >= 4 is 23.2 Å². The van der Waals surface area contributed by atoms with Gasteiger partial charge in [-0.25, -0.2) is 4.98 Å². The van der Waals surface area contributed by atoms with Crippen molar-refractivity contribution in [1.29, 1.82) is 0 Å². The summed E-state index contributed by atoms with van der Waals surface area (Å²) in [6.07, 6.45) is 5.25. The lowest BCUT2D eigenvalue weighted by Crippen LogP contribution is -2.23. The van der Waals surface area contributed by atoms with Crippen LogP contribution in [0.3, 0.4) is 0 Å². The van der Waals surface area contributed by atoms with Crippen molar-refractivity contribution in [2.45, 2.75) is 32.7 Å². The molecule has 0 bridgehead atoms. The molecule has 1 amide bonds. The van der Waals surface area contributed by atoms with Crippen molar-refractivity contribution in [3.63, 3.8) is 0 Å². The van der Waals surface area contributed by atoms with Crippen LogP contribution in [0.5, 0.6) is 0 Å². The molecule has 0 aliphatic carbocycles. The number of aromatic nitrogens is 1. The number of anilines is 1. The third-order valence-electron chi connectivity index (χ3n) is 3.47. The van der Waals surface area contributed by atoms with E-state index in [-0.39, 0.29) is 5.91 Å². The van der Waals surface area contributed by atoms with Crippen LogP contribution in [-0.4, -0.2) is 17.4 Å². The molecule has 1 heterocycles. The summed E-state index contributed by atoms with van der Waals surface area (Å²) in [5, 5.41) is 6.84. The zero-order chi connectivity index (χ0) is 16.5. The number of benzene rings is 1. The van der Waals surface area contributed by atoms with E-state index in [1.54, 1.807) is 24.4 Å². The van der Waals surface area contributed by atoms with Gasteiger partial charge in [0.1, 0.15) is 5.69 Å². The summed E-state index contributed by atoms with van der Waals surface area (Å²) < 4.78 is 0. The van der Waals surface area contributed by atoms with Gasteiger partial charge in [0.15, 0.2) is 0 Å². The number of unbranched alkanes of at least 4 members (excludes halogenated alkanes) is 2. The maximum atomic E-state index is 12.1. The highest BCUT2D eigenvalue weighted by Crippen LogP contribution is 2.10. The second-order valence-electron chi connectivity index (χ2n) is 5.38. The van der Waals surface area contributed by atoms with Gasteiger partial charge in [-0.15, -0.1) is 0 Å². The van der Waals surface area contributed by atoms with Gasteiger partial charge in [0.05, 0.1) is 11.9 Å². The van der Waals surface area contributed by atoms with Crippen molar-refractivity contribution < 1.29 is 4.79 Å². The first kappa shape index (κ1) is 17.3. The fraction of sp³-hybridized carbons (Fsp3) is 0.333. The van der Waals surface area contributed by atoms with E-state index >= 15 is 0 Å². The minimum atomic E-state index is -0.183. The third kappa shape index (κ3) is 5.91. The number of nitrogens with one attached hydrogen (secondary N) is 2. The van der Waals surface area contributed by atoms with Gasteiger partial charge in [0.2, 0.25) is 0 Å². The number of pyridine rings is 1. The number of rotatable bonds is 8. The summed E-state index contributed by atoms with van der Waals surface area (Å²) in [6, 6.07) is 11.0. The molecule has 0 saturated heterocycles. The summed E-state index contributed by atoms with van der Waals surface area (Å²) in [7, 11) is 0. The van der Waals surface area contributed by atoms with Crippen molar-refractivity contribution in [1.82, 2.24) is 10.3 Å². The Bertz CT molecular complexity index is 611. The summed E-state index contributed by atoms with van der Waals surface area (Å²) >= 11 is 5.84. The summed E-state index contributed by atoms with van der Waals surface area (Å²) in [5.41, 5.74) is 2.35. The highest BCUT2D eigenvalue weighted by molar-refractivity contribution is 6.30. The van der Waals surface area contributed by atoms with Crippen LogP contribution in [0.1, 0.15) is 42.2 Å². The Balaban J connectivity index is 1.81. The van der Waals surface area contributed by atoms with Crippen molar-refractivity contribution in [2.75, 3.05) is 11.9 Å². The minimum absolute atomic E-state index is 0.183. The number of nitrogens with zero attached hydrogens (tertiary/aromatic N) is 1. The maximum Gasteiger partial charge on any atom is 0.270 e. The van der Waals surface area contributed by atoms with Gasteiger partial charge in [0.25, 0.3) is 5.91 Å². The van der Waals surface area contributed by atoms with E-state index in [4.69, 9.17) is 11.6 Å². The van der Waals surface area contributed by atoms with Crippen LogP contribution in [0.4, 0.5) is 5.69 Å². The molecule has 0 fully saturated rings. The Morgan fingerprint density at radius 3 is 2.57 bits per heavy atom. The molecule has 2 N–H and O–H groups in total. The molecule has 0 saturated carbocycles. The average Bonchev–Trinajstić information content (AvgIpc) is 2.58. The molecule has 0 atom stereocenters.